The van der Waals surface area contributed by atoms with Crippen LogP contribution in [0.2, 0.25) is 0 Å². The van der Waals surface area contributed by atoms with Gasteiger partial charge in [-0.15, -0.1) is 0 Å². The minimum Gasteiger partial charge on any atom is -0.337 e. The van der Waals surface area contributed by atoms with Crippen LogP contribution >= 0.6 is 0 Å². The number of aromatic nitrogens is 3. The van der Waals surface area contributed by atoms with E-state index in [2.05, 4.69) is 16.1 Å². The predicted octanol–water partition coefficient (Wildman–Crippen LogP) is 2.36. The Morgan fingerprint density at radius 2 is 2.15 bits per heavy atom. The van der Waals surface area contributed by atoms with Crippen molar-refractivity contribution in [3.8, 4) is 0 Å². The maximum atomic E-state index is 13.4. The Balaban J connectivity index is 1.59. The fraction of sp³-hybridized carbons (Fsp3) is 0.550. The zero-order chi connectivity index (χ0) is 18.1. The van der Waals surface area contributed by atoms with Crippen LogP contribution < -0.4 is 5.56 Å². The van der Waals surface area contributed by atoms with Gasteiger partial charge in [0, 0.05) is 24.8 Å². The van der Waals surface area contributed by atoms with E-state index < -0.39 is 0 Å². The minimum atomic E-state index is -0.0561. The van der Waals surface area contributed by atoms with E-state index in [0.29, 0.717) is 6.54 Å². The highest BCUT2D eigenvalue weighted by Gasteiger charge is 2.58. The van der Waals surface area contributed by atoms with E-state index in [1.54, 1.807) is 4.90 Å². The zero-order valence-corrected chi connectivity index (χ0v) is 15.1. The summed E-state index contributed by atoms with van der Waals surface area (Å²) in [7, 11) is 0. The number of likely N-dealkylation sites (tertiary alicyclic amines) is 1. The predicted molar refractivity (Wildman–Crippen MR) is 99.1 cm³/mol. The van der Waals surface area contributed by atoms with Crippen LogP contribution in [0.15, 0.2) is 30.0 Å². The second kappa shape index (κ2) is 5.32. The number of pyridine rings is 1. The Morgan fingerprint density at radius 1 is 1.38 bits per heavy atom. The molecule has 4 aliphatic rings. The molecule has 136 valence electrons. The van der Waals surface area contributed by atoms with Gasteiger partial charge in [0.05, 0.1) is 17.9 Å². The van der Waals surface area contributed by atoms with Crippen molar-refractivity contribution in [1.82, 2.24) is 19.0 Å². The summed E-state index contributed by atoms with van der Waals surface area (Å²) >= 11 is 0. The summed E-state index contributed by atoms with van der Waals surface area (Å²) in [6.07, 6.45) is 10.5. The lowest BCUT2D eigenvalue weighted by Crippen LogP contribution is -2.59. The number of hydrogen-bond donors (Lipinski definition) is 0. The molecule has 2 bridgehead atoms. The van der Waals surface area contributed by atoms with Gasteiger partial charge in [-0.1, -0.05) is 6.58 Å². The third-order valence-corrected chi connectivity index (χ3v) is 6.70. The Bertz CT molecular complexity index is 969. The fourth-order valence-corrected chi connectivity index (χ4v) is 5.16. The summed E-state index contributed by atoms with van der Waals surface area (Å²) in [5, 5.41) is 0. The van der Waals surface area contributed by atoms with E-state index >= 15 is 0 Å². The highest BCUT2D eigenvalue weighted by Crippen LogP contribution is 2.62. The van der Waals surface area contributed by atoms with Crippen LogP contribution in [0.25, 0.3) is 11.0 Å². The molecule has 0 aromatic carbocycles. The molecule has 1 saturated heterocycles. The first kappa shape index (κ1) is 15.9. The summed E-state index contributed by atoms with van der Waals surface area (Å²) in [4.78, 5) is 31.8. The number of imidazole rings is 1. The molecule has 3 aliphatic carbocycles. The van der Waals surface area contributed by atoms with E-state index in [4.69, 9.17) is 0 Å². The third-order valence-electron chi connectivity index (χ3n) is 6.70. The van der Waals surface area contributed by atoms with Gasteiger partial charge in [0.25, 0.3) is 5.56 Å². The Kier molecular flexibility index (Phi) is 3.24. The normalized spacial score (nSPS) is 30.0. The molecule has 1 aliphatic heterocycles. The number of piperidine rings is 1. The molecular formula is C20H24N4O2. The smallest absolute Gasteiger partial charge is 0.277 e. The van der Waals surface area contributed by atoms with E-state index in [9.17, 15) is 9.59 Å². The molecule has 3 saturated carbocycles. The molecule has 0 N–H and O–H groups in total. The van der Waals surface area contributed by atoms with Crippen LogP contribution in [0, 0.1) is 12.8 Å². The molecule has 6 rings (SSSR count). The van der Waals surface area contributed by atoms with Gasteiger partial charge in [0.1, 0.15) is 5.52 Å². The molecule has 2 aromatic heterocycles. The maximum Gasteiger partial charge on any atom is 0.277 e. The molecule has 3 heterocycles. The van der Waals surface area contributed by atoms with Crippen LogP contribution in [0.4, 0.5) is 0 Å². The molecule has 1 amide bonds. The van der Waals surface area contributed by atoms with Gasteiger partial charge in [0.15, 0.2) is 0 Å². The summed E-state index contributed by atoms with van der Waals surface area (Å²) in [6.45, 7) is 6.91. The van der Waals surface area contributed by atoms with E-state index in [0.717, 1.165) is 41.9 Å². The maximum absolute atomic E-state index is 13.4. The third kappa shape index (κ3) is 2.01. The van der Waals surface area contributed by atoms with Gasteiger partial charge in [-0.05, 0) is 56.6 Å². The number of carbonyl (C=O) groups is 1. The first-order valence-electron chi connectivity index (χ1n) is 9.53. The number of carbonyl (C=O) groups excluding carboxylic acids is 1. The largest absolute Gasteiger partial charge is 0.337 e. The first-order chi connectivity index (χ1) is 12.5. The Morgan fingerprint density at radius 3 is 2.81 bits per heavy atom. The van der Waals surface area contributed by atoms with Crippen molar-refractivity contribution in [3.05, 3.63) is 41.1 Å². The molecule has 1 atom stereocenters. The highest BCUT2D eigenvalue weighted by atomic mass is 16.2. The number of aryl methyl sites for hydroxylation is 1. The van der Waals surface area contributed by atoms with Crippen LogP contribution in [-0.4, -0.2) is 38.0 Å². The van der Waals surface area contributed by atoms with E-state index in [1.165, 1.54) is 25.3 Å². The van der Waals surface area contributed by atoms with Crippen LogP contribution in [0.3, 0.4) is 0 Å². The van der Waals surface area contributed by atoms with Crippen molar-refractivity contribution in [2.75, 3.05) is 13.1 Å². The highest BCUT2D eigenvalue weighted by molar-refractivity contribution is 5.87. The van der Waals surface area contributed by atoms with Gasteiger partial charge in [0.2, 0.25) is 5.91 Å². The van der Waals surface area contributed by atoms with Gasteiger partial charge in [-0.3, -0.25) is 9.59 Å². The Labute approximate surface area is 152 Å². The van der Waals surface area contributed by atoms with Crippen LogP contribution in [0.1, 0.15) is 43.7 Å². The number of fused-ring (bicyclic) bond motifs is 1. The van der Waals surface area contributed by atoms with E-state index in [1.807, 2.05) is 24.0 Å². The number of hydrogen-bond acceptors (Lipinski definition) is 3. The molecule has 6 nitrogen and oxygen atoms in total. The quantitative estimate of drug-likeness (QED) is 0.797. The lowest BCUT2D eigenvalue weighted by molar-refractivity contribution is -0.127. The van der Waals surface area contributed by atoms with Crippen LogP contribution in [0.5, 0.6) is 0 Å². The van der Waals surface area contributed by atoms with Gasteiger partial charge < -0.3 is 14.0 Å². The lowest BCUT2D eigenvalue weighted by atomic mass is 9.49. The Hall–Kier alpha value is -2.37. The van der Waals surface area contributed by atoms with Crippen molar-refractivity contribution < 1.29 is 4.79 Å². The minimum absolute atomic E-state index is 0.0135. The van der Waals surface area contributed by atoms with Crippen molar-refractivity contribution in [2.24, 2.45) is 5.92 Å². The molecule has 26 heavy (non-hydrogen) atoms. The van der Waals surface area contributed by atoms with Gasteiger partial charge >= 0.3 is 0 Å². The van der Waals surface area contributed by atoms with Crippen molar-refractivity contribution in [1.29, 1.82) is 0 Å². The average molecular weight is 352 g/mol. The molecule has 0 spiro atoms. The van der Waals surface area contributed by atoms with Crippen molar-refractivity contribution in [2.45, 2.75) is 50.6 Å². The molecule has 2 aromatic rings. The number of nitrogens with zero attached hydrogens (tertiary/aromatic N) is 4. The number of rotatable bonds is 3. The molecule has 6 heteroatoms. The summed E-state index contributed by atoms with van der Waals surface area (Å²) < 4.78 is 4.01. The summed E-state index contributed by atoms with van der Waals surface area (Å²) in [5.74, 6) is 0.788. The zero-order valence-electron chi connectivity index (χ0n) is 15.1. The second-order valence-corrected chi connectivity index (χ2v) is 8.32. The first-order valence-corrected chi connectivity index (χ1v) is 9.53. The van der Waals surface area contributed by atoms with Crippen LogP contribution in [-0.2, 0) is 10.3 Å². The summed E-state index contributed by atoms with van der Waals surface area (Å²) in [5.41, 5.74) is 2.77. The lowest BCUT2D eigenvalue weighted by Gasteiger charge is -2.62. The number of amides is 1. The monoisotopic (exact) mass is 352 g/mol. The van der Waals surface area contributed by atoms with Crippen molar-refractivity contribution >= 4 is 16.9 Å². The summed E-state index contributed by atoms with van der Waals surface area (Å²) in [6, 6.07) is 0.0135. The topological polar surface area (TPSA) is 60.1 Å². The molecule has 0 radical (unpaired) electrons. The molecule has 1 unspecified atom stereocenters. The van der Waals surface area contributed by atoms with Gasteiger partial charge in [-0.25, -0.2) is 4.98 Å². The standard InChI is InChI=1S/C20H24N4O2/c1-3-16(25)22-6-4-5-15(11-22)23-10-13(2)17-18(19(23)26)24(12-21-17)20-7-14(8-20)9-20/h3,10,12,14-15H,1,4-9,11H2,2H3. The van der Waals surface area contributed by atoms with Crippen molar-refractivity contribution in [3.63, 3.8) is 0 Å². The van der Waals surface area contributed by atoms with E-state index in [-0.39, 0.29) is 23.0 Å². The average Bonchev–Trinajstić information content (AvgIpc) is 3.00. The van der Waals surface area contributed by atoms with Gasteiger partial charge in [-0.2, -0.15) is 0 Å². The molecule has 4 fully saturated rings. The second-order valence-electron chi connectivity index (χ2n) is 8.32. The molecular weight excluding hydrogens is 328 g/mol. The fourth-order valence-electron chi connectivity index (χ4n) is 5.16. The SMILES string of the molecule is C=CC(=O)N1CCCC(n2cc(C)c3ncn(C45CC(C4)C5)c3c2=O)C1.